The van der Waals surface area contributed by atoms with Crippen molar-refractivity contribution in [2.24, 2.45) is 0 Å². The number of hydrogen-bond acceptors (Lipinski definition) is 5. The van der Waals surface area contributed by atoms with Crippen LogP contribution in [0.25, 0.3) is 16.9 Å². The molecule has 0 N–H and O–H groups in total. The minimum absolute atomic E-state index is 0.552. The highest BCUT2D eigenvalue weighted by atomic mass is 32.1. The summed E-state index contributed by atoms with van der Waals surface area (Å²) in [5.41, 5.74) is 2.56. The highest BCUT2D eigenvalue weighted by Gasteiger charge is 2.16. The van der Waals surface area contributed by atoms with Gasteiger partial charge in [0.2, 0.25) is 0 Å². The lowest BCUT2D eigenvalue weighted by atomic mass is 10.1. The van der Waals surface area contributed by atoms with Crippen LogP contribution in [0, 0.1) is 0 Å². The van der Waals surface area contributed by atoms with Crippen LogP contribution in [0.4, 0.5) is 0 Å². The van der Waals surface area contributed by atoms with Gasteiger partial charge in [0, 0.05) is 5.56 Å². The zero-order valence-electron chi connectivity index (χ0n) is 12.2. The molecule has 0 aliphatic heterocycles. The Balaban J connectivity index is 2.15. The van der Waals surface area contributed by atoms with E-state index in [-0.39, 0.29) is 0 Å². The highest BCUT2D eigenvalue weighted by molar-refractivity contribution is 7.80. The van der Waals surface area contributed by atoms with Gasteiger partial charge >= 0.3 is 0 Å². The first kappa shape index (κ1) is 14.5. The number of para-hydroxylation sites is 2. The summed E-state index contributed by atoms with van der Waals surface area (Å²) in [7, 11) is 3.27. The van der Waals surface area contributed by atoms with Gasteiger partial charge in [0.25, 0.3) is 0 Å². The number of benzene rings is 2. The molecule has 0 atom stereocenters. The lowest BCUT2D eigenvalue weighted by Crippen LogP contribution is -2.02. The molecule has 3 aromatic rings. The van der Waals surface area contributed by atoms with Crippen LogP contribution in [0.2, 0.25) is 0 Å². The van der Waals surface area contributed by atoms with Crippen molar-refractivity contribution in [3.63, 3.8) is 0 Å². The number of thiol groups is 1. The summed E-state index contributed by atoms with van der Waals surface area (Å²) in [5.74, 6) is 1.51. The van der Waals surface area contributed by atoms with Crippen LogP contribution in [0.15, 0.2) is 53.6 Å². The maximum atomic E-state index is 5.40. The third kappa shape index (κ3) is 2.53. The molecule has 0 unspecified atom stereocenters. The normalized spacial score (nSPS) is 10.5. The number of methoxy groups -OCH3 is 2. The smallest absolute Gasteiger partial charge is 0.144 e. The molecule has 112 valence electrons. The number of rotatable bonds is 4. The Bertz CT molecular complexity index is 784. The van der Waals surface area contributed by atoms with E-state index in [0.717, 1.165) is 28.4 Å². The Morgan fingerprint density at radius 3 is 2.36 bits per heavy atom. The number of ether oxygens (including phenoxy) is 2. The summed E-state index contributed by atoms with van der Waals surface area (Å²) in [5, 5.41) is 8.82. The van der Waals surface area contributed by atoms with E-state index in [1.807, 2.05) is 48.5 Å². The van der Waals surface area contributed by atoms with Gasteiger partial charge < -0.3 is 9.47 Å². The third-order valence-corrected chi connectivity index (χ3v) is 3.63. The molecule has 0 fully saturated rings. The molecule has 2 aromatic carbocycles. The van der Waals surface area contributed by atoms with E-state index in [9.17, 15) is 0 Å². The Morgan fingerprint density at radius 1 is 0.955 bits per heavy atom. The zero-order chi connectivity index (χ0) is 15.5. The molecule has 6 heteroatoms. The average molecular weight is 313 g/mol. The van der Waals surface area contributed by atoms with Crippen LogP contribution < -0.4 is 9.47 Å². The lowest BCUT2D eigenvalue weighted by Gasteiger charge is -2.11. The Morgan fingerprint density at radius 2 is 1.68 bits per heavy atom. The molecule has 22 heavy (non-hydrogen) atoms. The second kappa shape index (κ2) is 6.11. The number of aromatic nitrogens is 3. The van der Waals surface area contributed by atoms with Crippen molar-refractivity contribution in [1.29, 1.82) is 0 Å². The van der Waals surface area contributed by atoms with Gasteiger partial charge in [-0.1, -0.05) is 17.3 Å². The fourth-order valence-electron chi connectivity index (χ4n) is 2.25. The molecule has 0 amide bonds. The average Bonchev–Trinajstić information content (AvgIpc) is 2.96. The number of hydrogen-bond donors (Lipinski definition) is 1. The van der Waals surface area contributed by atoms with Gasteiger partial charge in [-0.05, 0) is 36.4 Å². The van der Waals surface area contributed by atoms with Crippen molar-refractivity contribution in [3.05, 3.63) is 48.5 Å². The summed E-state index contributed by atoms with van der Waals surface area (Å²) < 4.78 is 12.3. The predicted octanol–water partition coefficient (Wildman–Crippen LogP) is 3.24. The van der Waals surface area contributed by atoms with Crippen molar-refractivity contribution >= 4 is 12.6 Å². The van der Waals surface area contributed by atoms with Gasteiger partial charge in [-0.25, -0.2) is 4.68 Å². The zero-order valence-corrected chi connectivity index (χ0v) is 13.1. The third-order valence-electron chi connectivity index (χ3n) is 3.33. The maximum Gasteiger partial charge on any atom is 0.144 e. The van der Waals surface area contributed by atoms with Crippen molar-refractivity contribution in [1.82, 2.24) is 15.0 Å². The van der Waals surface area contributed by atoms with Gasteiger partial charge in [0.05, 0.1) is 14.2 Å². The second-order valence-electron chi connectivity index (χ2n) is 4.57. The van der Waals surface area contributed by atoms with Crippen LogP contribution >= 0.6 is 12.6 Å². The van der Waals surface area contributed by atoms with Crippen LogP contribution in [0.3, 0.4) is 0 Å². The summed E-state index contributed by atoms with van der Waals surface area (Å²) in [4.78, 5) is 0. The number of nitrogens with zero attached hydrogens (tertiary/aromatic N) is 3. The van der Waals surface area contributed by atoms with Gasteiger partial charge in [-0.2, -0.15) is 0 Å². The van der Waals surface area contributed by atoms with Crippen LogP contribution in [0.5, 0.6) is 11.5 Å². The molecule has 0 bridgehead atoms. The summed E-state index contributed by atoms with van der Waals surface area (Å²) in [6.07, 6.45) is 0. The molecule has 0 aliphatic rings. The highest BCUT2D eigenvalue weighted by Crippen LogP contribution is 2.31. The largest absolute Gasteiger partial charge is 0.497 e. The molecule has 3 rings (SSSR count). The van der Waals surface area contributed by atoms with Gasteiger partial charge in [0.1, 0.15) is 27.9 Å². The molecule has 5 nitrogen and oxygen atoms in total. The van der Waals surface area contributed by atoms with Crippen molar-refractivity contribution in [2.45, 2.75) is 5.03 Å². The minimum Gasteiger partial charge on any atom is -0.497 e. The summed E-state index contributed by atoms with van der Waals surface area (Å²) >= 11 is 4.43. The molecule has 1 heterocycles. The van der Waals surface area contributed by atoms with Gasteiger partial charge in [-0.15, -0.1) is 17.7 Å². The molecule has 0 saturated heterocycles. The Kier molecular flexibility index (Phi) is 4.02. The van der Waals surface area contributed by atoms with Gasteiger partial charge in [0.15, 0.2) is 0 Å². The van der Waals surface area contributed by atoms with Crippen LogP contribution in [-0.2, 0) is 0 Å². The lowest BCUT2D eigenvalue weighted by molar-refractivity contribution is 0.411. The van der Waals surface area contributed by atoms with Crippen molar-refractivity contribution in [2.75, 3.05) is 14.2 Å². The Labute approximate surface area is 133 Å². The molecule has 0 radical (unpaired) electrons. The van der Waals surface area contributed by atoms with E-state index in [4.69, 9.17) is 9.47 Å². The first-order valence-corrected chi connectivity index (χ1v) is 7.12. The summed E-state index contributed by atoms with van der Waals surface area (Å²) in [6.45, 7) is 0. The molecular formula is C16H15N3O2S. The predicted molar refractivity (Wildman–Crippen MR) is 87.2 cm³/mol. The van der Waals surface area contributed by atoms with Crippen LogP contribution in [-0.4, -0.2) is 29.2 Å². The second-order valence-corrected chi connectivity index (χ2v) is 5.00. The molecule has 0 saturated carbocycles. The van der Waals surface area contributed by atoms with E-state index in [1.165, 1.54) is 0 Å². The van der Waals surface area contributed by atoms with E-state index in [0.29, 0.717) is 5.03 Å². The monoisotopic (exact) mass is 313 g/mol. The maximum absolute atomic E-state index is 5.40. The van der Waals surface area contributed by atoms with E-state index in [2.05, 4.69) is 22.9 Å². The van der Waals surface area contributed by atoms with E-state index in [1.54, 1.807) is 18.9 Å². The topological polar surface area (TPSA) is 49.2 Å². The van der Waals surface area contributed by atoms with Crippen molar-refractivity contribution < 1.29 is 9.47 Å². The molecule has 0 aliphatic carbocycles. The SMILES string of the molecule is COc1ccc(-c2c(S)nnn2-c2ccccc2OC)cc1. The quantitative estimate of drug-likeness (QED) is 0.751. The Hall–Kier alpha value is -2.47. The van der Waals surface area contributed by atoms with Crippen molar-refractivity contribution in [3.8, 4) is 28.4 Å². The standard InChI is InChI=1S/C16H15N3O2S/c1-20-12-9-7-11(8-10-12)15-16(22)17-18-19(15)13-5-3-4-6-14(13)21-2/h3-10,22H,1-2H3. The van der Waals surface area contributed by atoms with Crippen LogP contribution in [0.1, 0.15) is 0 Å². The molecular weight excluding hydrogens is 298 g/mol. The summed E-state index contributed by atoms with van der Waals surface area (Å²) in [6, 6.07) is 15.3. The minimum atomic E-state index is 0.552. The first-order chi connectivity index (χ1) is 10.7. The fourth-order valence-corrected chi connectivity index (χ4v) is 2.51. The molecule has 0 spiro atoms. The van der Waals surface area contributed by atoms with E-state index >= 15 is 0 Å². The fraction of sp³-hybridized carbons (Fsp3) is 0.125. The first-order valence-electron chi connectivity index (χ1n) is 6.67. The van der Waals surface area contributed by atoms with Gasteiger partial charge in [-0.3, -0.25) is 0 Å². The molecule has 1 aromatic heterocycles. The van der Waals surface area contributed by atoms with E-state index < -0.39 is 0 Å².